The van der Waals surface area contributed by atoms with E-state index in [2.05, 4.69) is 34.0 Å². The summed E-state index contributed by atoms with van der Waals surface area (Å²) in [5.41, 5.74) is 4.12. The van der Waals surface area contributed by atoms with Crippen molar-refractivity contribution in [3.05, 3.63) is 59.4 Å². The van der Waals surface area contributed by atoms with Crippen LogP contribution in [0, 0.1) is 0 Å². The number of aromatic nitrogens is 2. The maximum absolute atomic E-state index is 12.5. The second-order valence-electron chi connectivity index (χ2n) is 7.25. The number of nitrogens with one attached hydrogen (secondary N) is 2. The van der Waals surface area contributed by atoms with Gasteiger partial charge in [-0.3, -0.25) is 9.59 Å². The normalized spacial score (nSPS) is 15.9. The van der Waals surface area contributed by atoms with Crippen LogP contribution in [0.1, 0.15) is 54.0 Å². The van der Waals surface area contributed by atoms with Crippen LogP contribution >= 0.6 is 0 Å². The molecule has 27 heavy (non-hydrogen) atoms. The zero-order chi connectivity index (χ0) is 19.1. The smallest absolute Gasteiger partial charge is 0.252 e. The predicted octanol–water partition coefficient (Wildman–Crippen LogP) is 3.51. The Morgan fingerprint density at radius 2 is 2.04 bits per heavy atom. The Labute approximate surface area is 157 Å². The van der Waals surface area contributed by atoms with E-state index in [1.54, 1.807) is 6.07 Å². The molecule has 4 rings (SSSR count). The Balaban J connectivity index is 1.51. The Bertz CT molecular complexity index is 1050. The van der Waals surface area contributed by atoms with Gasteiger partial charge in [0.05, 0.1) is 23.5 Å². The first-order valence-electron chi connectivity index (χ1n) is 9.10. The number of benzene rings is 2. The van der Waals surface area contributed by atoms with Crippen LogP contribution in [0.2, 0.25) is 0 Å². The number of rotatable bonds is 4. The quantitative estimate of drug-likeness (QED) is 0.746. The Kier molecular flexibility index (Phi) is 4.18. The van der Waals surface area contributed by atoms with E-state index >= 15 is 0 Å². The van der Waals surface area contributed by atoms with E-state index in [0.717, 1.165) is 22.4 Å². The van der Waals surface area contributed by atoms with Gasteiger partial charge >= 0.3 is 0 Å². The van der Waals surface area contributed by atoms with Gasteiger partial charge in [-0.2, -0.15) is 0 Å². The number of nitrogens with zero attached hydrogens (tertiary/aromatic N) is 2. The molecule has 6 nitrogen and oxygen atoms in total. The molecular weight excluding hydrogens is 340 g/mol. The fraction of sp³-hybridized carbons (Fsp3) is 0.286. The van der Waals surface area contributed by atoms with E-state index in [-0.39, 0.29) is 24.3 Å². The van der Waals surface area contributed by atoms with Crippen molar-refractivity contribution in [2.24, 2.45) is 7.05 Å². The highest BCUT2D eigenvalue weighted by atomic mass is 16.2. The maximum Gasteiger partial charge on any atom is 0.252 e. The molecule has 1 aromatic heterocycles. The van der Waals surface area contributed by atoms with Crippen LogP contribution in [-0.4, -0.2) is 21.4 Å². The molecule has 1 unspecified atom stereocenters. The molecule has 0 saturated carbocycles. The topological polar surface area (TPSA) is 76.0 Å². The van der Waals surface area contributed by atoms with Crippen molar-refractivity contribution in [3.63, 3.8) is 0 Å². The molecule has 2 N–H and O–H groups in total. The molecule has 0 aliphatic carbocycles. The third-order valence-electron chi connectivity index (χ3n) is 4.99. The van der Waals surface area contributed by atoms with Crippen LogP contribution < -0.4 is 10.6 Å². The summed E-state index contributed by atoms with van der Waals surface area (Å²) in [5.74, 6) is 1.07. The van der Waals surface area contributed by atoms with Crippen LogP contribution in [0.3, 0.4) is 0 Å². The second-order valence-corrected chi connectivity index (χ2v) is 7.25. The van der Waals surface area contributed by atoms with Crippen molar-refractivity contribution in [1.82, 2.24) is 14.9 Å². The van der Waals surface area contributed by atoms with Gasteiger partial charge in [-0.25, -0.2) is 4.98 Å². The molecule has 2 aromatic carbocycles. The van der Waals surface area contributed by atoms with Gasteiger partial charge in [0.25, 0.3) is 5.91 Å². The molecule has 1 atom stereocenters. The molecule has 0 spiro atoms. The van der Waals surface area contributed by atoms with Gasteiger partial charge in [0.2, 0.25) is 5.91 Å². The average molecular weight is 362 g/mol. The zero-order valence-corrected chi connectivity index (χ0v) is 15.6. The molecule has 0 fully saturated rings. The molecule has 138 valence electrons. The monoisotopic (exact) mass is 362 g/mol. The number of aryl methyl sites for hydroxylation is 1. The number of carbonyl (C=O) groups excluding carboxylic acids is 2. The summed E-state index contributed by atoms with van der Waals surface area (Å²) in [5, 5.41) is 5.80. The van der Waals surface area contributed by atoms with Gasteiger partial charge in [-0.1, -0.05) is 32.0 Å². The molecular formula is C21H22N4O2. The lowest BCUT2D eigenvalue weighted by Gasteiger charge is -2.12. The first-order valence-corrected chi connectivity index (χ1v) is 9.10. The van der Waals surface area contributed by atoms with Crippen molar-refractivity contribution in [2.75, 3.05) is 5.32 Å². The first kappa shape index (κ1) is 17.3. The van der Waals surface area contributed by atoms with E-state index < -0.39 is 0 Å². The van der Waals surface area contributed by atoms with E-state index in [0.29, 0.717) is 17.2 Å². The van der Waals surface area contributed by atoms with Crippen LogP contribution in [0.4, 0.5) is 5.69 Å². The number of hydrogen-bond donors (Lipinski definition) is 2. The number of amides is 2. The van der Waals surface area contributed by atoms with E-state index in [4.69, 9.17) is 0 Å². The van der Waals surface area contributed by atoms with E-state index in [9.17, 15) is 9.59 Å². The molecule has 0 saturated heterocycles. The Morgan fingerprint density at radius 1 is 1.26 bits per heavy atom. The summed E-state index contributed by atoms with van der Waals surface area (Å²) < 4.78 is 2.08. The Morgan fingerprint density at radius 3 is 2.81 bits per heavy atom. The number of imidazole rings is 1. The summed E-state index contributed by atoms with van der Waals surface area (Å²) in [6, 6.07) is 12.8. The fourth-order valence-electron chi connectivity index (χ4n) is 3.69. The fourth-order valence-corrected chi connectivity index (χ4v) is 3.69. The summed E-state index contributed by atoms with van der Waals surface area (Å²) in [6.07, 6.45) is 0.195. The second kappa shape index (κ2) is 6.54. The molecule has 0 bridgehead atoms. The van der Waals surface area contributed by atoms with Gasteiger partial charge in [-0.05, 0) is 29.8 Å². The molecule has 1 aliphatic rings. The van der Waals surface area contributed by atoms with Gasteiger partial charge in [0.1, 0.15) is 5.82 Å². The molecule has 3 aromatic rings. The lowest BCUT2D eigenvalue weighted by molar-refractivity contribution is -0.116. The standard InChI is InChI=1S/C21H22N4O2/c1-12(2)20-23-17-10-13(8-9-18(17)25(20)3)22-19(26)11-16-14-6-4-5-7-15(14)21(27)24-16/h4-10,12,16H,11H2,1-3H3,(H,22,26)(H,24,27). The van der Waals surface area contributed by atoms with Crippen molar-refractivity contribution in [1.29, 1.82) is 0 Å². The number of hydrogen-bond acceptors (Lipinski definition) is 3. The van der Waals surface area contributed by atoms with Crippen LogP contribution in [0.15, 0.2) is 42.5 Å². The van der Waals surface area contributed by atoms with Crippen LogP contribution in [0.25, 0.3) is 11.0 Å². The van der Waals surface area contributed by atoms with E-state index in [1.807, 2.05) is 43.4 Å². The zero-order valence-electron chi connectivity index (χ0n) is 15.6. The van der Waals surface area contributed by atoms with E-state index in [1.165, 1.54) is 0 Å². The highest BCUT2D eigenvalue weighted by molar-refractivity contribution is 6.00. The summed E-state index contributed by atoms with van der Waals surface area (Å²) in [7, 11) is 2.00. The summed E-state index contributed by atoms with van der Waals surface area (Å²) >= 11 is 0. The predicted molar refractivity (Wildman–Crippen MR) is 105 cm³/mol. The van der Waals surface area contributed by atoms with Crippen molar-refractivity contribution >= 4 is 28.5 Å². The molecule has 2 amide bonds. The molecule has 6 heteroatoms. The number of anilines is 1. The minimum atomic E-state index is -0.292. The first-order chi connectivity index (χ1) is 12.9. The van der Waals surface area contributed by atoms with Gasteiger partial charge in [0.15, 0.2) is 0 Å². The third kappa shape index (κ3) is 3.07. The highest BCUT2D eigenvalue weighted by Gasteiger charge is 2.29. The van der Waals surface area contributed by atoms with Gasteiger partial charge in [0, 0.05) is 24.2 Å². The SMILES string of the molecule is CC(C)c1nc2cc(NC(=O)CC3NC(=O)c4ccccc43)ccc2n1C. The van der Waals surface area contributed by atoms with Crippen molar-refractivity contribution in [2.45, 2.75) is 32.2 Å². The molecule has 2 heterocycles. The Hall–Kier alpha value is -3.15. The van der Waals surface area contributed by atoms with Crippen molar-refractivity contribution in [3.8, 4) is 0 Å². The largest absolute Gasteiger partial charge is 0.345 e. The average Bonchev–Trinajstić information content (AvgIpc) is 3.13. The maximum atomic E-state index is 12.5. The summed E-state index contributed by atoms with van der Waals surface area (Å²) in [4.78, 5) is 29.2. The van der Waals surface area contributed by atoms with Gasteiger partial charge < -0.3 is 15.2 Å². The van der Waals surface area contributed by atoms with Crippen molar-refractivity contribution < 1.29 is 9.59 Å². The van der Waals surface area contributed by atoms with Crippen LogP contribution in [0.5, 0.6) is 0 Å². The molecule has 0 radical (unpaired) electrons. The van der Waals surface area contributed by atoms with Gasteiger partial charge in [-0.15, -0.1) is 0 Å². The molecule has 1 aliphatic heterocycles. The lowest BCUT2D eigenvalue weighted by atomic mass is 10.0. The highest BCUT2D eigenvalue weighted by Crippen LogP contribution is 2.28. The minimum Gasteiger partial charge on any atom is -0.345 e. The third-order valence-corrected chi connectivity index (χ3v) is 4.99. The van der Waals surface area contributed by atoms with Crippen LogP contribution in [-0.2, 0) is 11.8 Å². The minimum absolute atomic E-state index is 0.125. The number of carbonyl (C=O) groups is 2. The summed E-state index contributed by atoms with van der Waals surface area (Å²) in [6.45, 7) is 4.22. The lowest BCUT2D eigenvalue weighted by Crippen LogP contribution is -2.24. The number of fused-ring (bicyclic) bond motifs is 2.